The lowest BCUT2D eigenvalue weighted by molar-refractivity contribution is 0.219. The number of fused-ring (bicyclic) bond motifs is 1. The molecule has 0 N–H and O–H groups in total. The molecule has 2 rings (SSSR count). The number of ether oxygens (including phenoxy) is 1. The lowest BCUT2D eigenvalue weighted by atomic mass is 10.1. The molecule has 0 radical (unpaired) electrons. The second kappa shape index (κ2) is 4.55. The zero-order chi connectivity index (χ0) is 11.7. The van der Waals surface area contributed by atoms with Gasteiger partial charge in [-0.05, 0) is 32.5 Å². The Balaban J connectivity index is 2.39. The van der Waals surface area contributed by atoms with Crippen molar-refractivity contribution in [1.29, 1.82) is 0 Å². The summed E-state index contributed by atoms with van der Waals surface area (Å²) < 4.78 is 5.68. The van der Waals surface area contributed by atoms with E-state index < -0.39 is 0 Å². The van der Waals surface area contributed by atoms with E-state index in [1.165, 1.54) is 0 Å². The fraction of sp³-hybridized carbons (Fsp3) is 0.636. The Hall–Kier alpha value is -0.870. The Kier molecular flexibility index (Phi) is 3.30. The molecule has 0 atom stereocenters. The first-order valence-corrected chi connectivity index (χ1v) is 5.84. The van der Waals surface area contributed by atoms with Crippen molar-refractivity contribution in [1.82, 2.24) is 14.9 Å². The van der Waals surface area contributed by atoms with Crippen LogP contribution in [0.25, 0.3) is 0 Å². The molecule has 0 bridgehead atoms. The first kappa shape index (κ1) is 11.6. The molecule has 1 aliphatic rings. The van der Waals surface area contributed by atoms with E-state index in [2.05, 4.69) is 21.9 Å². The fourth-order valence-corrected chi connectivity index (χ4v) is 1.99. The van der Waals surface area contributed by atoms with Gasteiger partial charge in [-0.3, -0.25) is 0 Å². The SMILES string of the molecule is CC(C)Oc1nc(Cl)nc2c1CN(C)CC2. The van der Waals surface area contributed by atoms with E-state index in [0.717, 1.165) is 30.8 Å². The highest BCUT2D eigenvalue weighted by atomic mass is 35.5. The van der Waals surface area contributed by atoms with Crippen molar-refractivity contribution in [2.45, 2.75) is 32.9 Å². The van der Waals surface area contributed by atoms with Gasteiger partial charge in [0.15, 0.2) is 0 Å². The average molecular weight is 242 g/mol. The maximum absolute atomic E-state index is 5.89. The molecular formula is C11H16ClN3O. The van der Waals surface area contributed by atoms with Crippen LogP contribution in [0.1, 0.15) is 25.1 Å². The molecule has 0 aromatic carbocycles. The van der Waals surface area contributed by atoms with Gasteiger partial charge < -0.3 is 9.64 Å². The quantitative estimate of drug-likeness (QED) is 0.742. The zero-order valence-electron chi connectivity index (χ0n) is 9.83. The van der Waals surface area contributed by atoms with E-state index in [0.29, 0.717) is 5.88 Å². The van der Waals surface area contributed by atoms with E-state index >= 15 is 0 Å². The molecule has 2 heterocycles. The molecule has 16 heavy (non-hydrogen) atoms. The number of rotatable bonds is 2. The van der Waals surface area contributed by atoms with Gasteiger partial charge >= 0.3 is 0 Å². The maximum Gasteiger partial charge on any atom is 0.225 e. The highest BCUT2D eigenvalue weighted by molar-refractivity contribution is 6.28. The van der Waals surface area contributed by atoms with Crippen LogP contribution >= 0.6 is 11.6 Å². The summed E-state index contributed by atoms with van der Waals surface area (Å²) in [5, 5.41) is 0.277. The maximum atomic E-state index is 5.89. The molecule has 0 saturated carbocycles. The summed E-state index contributed by atoms with van der Waals surface area (Å²) in [5.74, 6) is 0.636. The number of likely N-dealkylation sites (N-methyl/N-ethyl adjacent to an activating group) is 1. The summed E-state index contributed by atoms with van der Waals surface area (Å²) in [5.41, 5.74) is 2.10. The van der Waals surface area contributed by atoms with Crippen molar-refractivity contribution in [2.24, 2.45) is 0 Å². The largest absolute Gasteiger partial charge is 0.475 e. The molecule has 1 aliphatic heterocycles. The van der Waals surface area contributed by atoms with Crippen LogP contribution < -0.4 is 4.74 Å². The van der Waals surface area contributed by atoms with E-state index in [1.54, 1.807) is 0 Å². The van der Waals surface area contributed by atoms with Gasteiger partial charge in [-0.25, -0.2) is 4.98 Å². The third-order valence-corrected chi connectivity index (χ3v) is 2.70. The van der Waals surface area contributed by atoms with Crippen LogP contribution in [0, 0.1) is 0 Å². The Morgan fingerprint density at radius 1 is 1.38 bits per heavy atom. The molecule has 5 heteroatoms. The Morgan fingerprint density at radius 2 is 2.12 bits per heavy atom. The first-order valence-electron chi connectivity index (χ1n) is 5.46. The van der Waals surface area contributed by atoms with Gasteiger partial charge in [-0.1, -0.05) is 0 Å². The van der Waals surface area contributed by atoms with Crippen molar-refractivity contribution in [2.75, 3.05) is 13.6 Å². The van der Waals surface area contributed by atoms with Gasteiger partial charge in [0, 0.05) is 25.1 Å². The second-order valence-corrected chi connectivity index (χ2v) is 4.72. The van der Waals surface area contributed by atoms with Crippen molar-refractivity contribution >= 4 is 11.6 Å². The molecule has 0 spiro atoms. The molecule has 1 aromatic heterocycles. The number of halogens is 1. The third-order valence-electron chi connectivity index (χ3n) is 2.53. The molecule has 1 aromatic rings. The Labute approximate surface area is 101 Å². The highest BCUT2D eigenvalue weighted by Crippen LogP contribution is 2.26. The number of hydrogen-bond donors (Lipinski definition) is 0. The van der Waals surface area contributed by atoms with Gasteiger partial charge in [-0.15, -0.1) is 0 Å². The van der Waals surface area contributed by atoms with E-state index in [9.17, 15) is 0 Å². The molecule has 0 fully saturated rings. The fourth-order valence-electron chi connectivity index (χ4n) is 1.81. The zero-order valence-corrected chi connectivity index (χ0v) is 10.6. The molecule has 0 saturated heterocycles. The predicted octanol–water partition coefficient (Wildman–Crippen LogP) is 1.91. The average Bonchev–Trinajstić information content (AvgIpc) is 2.18. The van der Waals surface area contributed by atoms with Crippen LogP contribution in [0.4, 0.5) is 0 Å². The Bertz CT molecular complexity index is 395. The highest BCUT2D eigenvalue weighted by Gasteiger charge is 2.21. The molecule has 88 valence electrons. The summed E-state index contributed by atoms with van der Waals surface area (Å²) >= 11 is 5.89. The summed E-state index contributed by atoms with van der Waals surface area (Å²) in [4.78, 5) is 10.7. The summed E-state index contributed by atoms with van der Waals surface area (Å²) in [6.45, 7) is 5.79. The number of aromatic nitrogens is 2. The van der Waals surface area contributed by atoms with Crippen LogP contribution in [-0.2, 0) is 13.0 Å². The lowest BCUT2D eigenvalue weighted by Gasteiger charge is -2.26. The normalized spacial score (nSPS) is 16.3. The molecule has 4 nitrogen and oxygen atoms in total. The predicted molar refractivity (Wildman–Crippen MR) is 62.8 cm³/mol. The van der Waals surface area contributed by atoms with Gasteiger partial charge in [-0.2, -0.15) is 4.98 Å². The molecule has 0 amide bonds. The van der Waals surface area contributed by atoms with Crippen LogP contribution in [0.15, 0.2) is 0 Å². The van der Waals surface area contributed by atoms with Crippen LogP contribution in [0.3, 0.4) is 0 Å². The topological polar surface area (TPSA) is 38.3 Å². The summed E-state index contributed by atoms with van der Waals surface area (Å²) in [7, 11) is 2.08. The molecule has 0 aliphatic carbocycles. The Morgan fingerprint density at radius 3 is 2.81 bits per heavy atom. The summed E-state index contributed by atoms with van der Waals surface area (Å²) in [6.07, 6.45) is 1.00. The molecular weight excluding hydrogens is 226 g/mol. The van der Waals surface area contributed by atoms with Crippen LogP contribution in [0.2, 0.25) is 5.28 Å². The van der Waals surface area contributed by atoms with E-state index in [-0.39, 0.29) is 11.4 Å². The van der Waals surface area contributed by atoms with Crippen molar-refractivity contribution in [3.63, 3.8) is 0 Å². The summed E-state index contributed by atoms with van der Waals surface area (Å²) in [6, 6.07) is 0. The van der Waals surface area contributed by atoms with E-state index in [4.69, 9.17) is 16.3 Å². The number of nitrogens with zero attached hydrogens (tertiary/aromatic N) is 3. The van der Waals surface area contributed by atoms with Gasteiger partial charge in [0.2, 0.25) is 11.2 Å². The van der Waals surface area contributed by atoms with Gasteiger partial charge in [0.25, 0.3) is 0 Å². The number of hydrogen-bond acceptors (Lipinski definition) is 4. The first-order chi connectivity index (χ1) is 7.56. The molecule has 0 unspecified atom stereocenters. The van der Waals surface area contributed by atoms with Crippen LogP contribution in [0.5, 0.6) is 5.88 Å². The van der Waals surface area contributed by atoms with Crippen molar-refractivity contribution < 1.29 is 4.74 Å². The minimum Gasteiger partial charge on any atom is -0.475 e. The van der Waals surface area contributed by atoms with Gasteiger partial charge in [0.1, 0.15) is 0 Å². The van der Waals surface area contributed by atoms with E-state index in [1.807, 2.05) is 13.8 Å². The second-order valence-electron chi connectivity index (χ2n) is 4.38. The monoisotopic (exact) mass is 241 g/mol. The third kappa shape index (κ3) is 2.44. The minimum absolute atomic E-state index is 0.0994. The lowest BCUT2D eigenvalue weighted by Crippen LogP contribution is -2.28. The minimum atomic E-state index is 0.0994. The standard InChI is InChI=1S/C11H16ClN3O/c1-7(2)16-10-8-6-15(3)5-4-9(8)13-11(12)14-10/h7H,4-6H2,1-3H3. The van der Waals surface area contributed by atoms with Crippen LogP contribution in [-0.4, -0.2) is 34.6 Å². The van der Waals surface area contributed by atoms with Crippen molar-refractivity contribution in [3.8, 4) is 5.88 Å². The van der Waals surface area contributed by atoms with Crippen molar-refractivity contribution in [3.05, 3.63) is 16.5 Å². The smallest absolute Gasteiger partial charge is 0.225 e. The van der Waals surface area contributed by atoms with Gasteiger partial charge in [0.05, 0.1) is 11.8 Å².